The fourth-order valence-corrected chi connectivity index (χ4v) is 1.76. The third kappa shape index (κ3) is 3.19. The van der Waals surface area contributed by atoms with Gasteiger partial charge < -0.3 is 10.6 Å². The summed E-state index contributed by atoms with van der Waals surface area (Å²) in [5, 5.41) is 5.20. The zero-order valence-electron chi connectivity index (χ0n) is 10.3. The average molecular weight is 347 g/mol. The standard InChI is InChI=1S/C12H10BrF3N4/c1-2-17-12-18-5-9(16)11(20-12)19-10-4-7(14)6(13)3-8(10)15/h3-5H,2H2,1H3,(H2,17,18,19,20). The van der Waals surface area contributed by atoms with Crippen molar-refractivity contribution in [2.75, 3.05) is 17.2 Å². The van der Waals surface area contributed by atoms with E-state index in [1.54, 1.807) is 0 Å². The van der Waals surface area contributed by atoms with Crippen LogP contribution in [0.2, 0.25) is 0 Å². The molecule has 0 bridgehead atoms. The van der Waals surface area contributed by atoms with Crippen LogP contribution < -0.4 is 10.6 Å². The van der Waals surface area contributed by atoms with E-state index in [1.807, 2.05) is 6.92 Å². The molecule has 0 fully saturated rings. The molecule has 2 aromatic rings. The molecular formula is C12H10BrF3N4. The van der Waals surface area contributed by atoms with E-state index in [0.29, 0.717) is 6.54 Å². The summed E-state index contributed by atoms with van der Waals surface area (Å²) in [6, 6.07) is 1.86. The summed E-state index contributed by atoms with van der Waals surface area (Å²) < 4.78 is 40.6. The minimum atomic E-state index is -0.769. The highest BCUT2D eigenvalue weighted by molar-refractivity contribution is 9.10. The molecule has 0 saturated carbocycles. The third-order valence-electron chi connectivity index (χ3n) is 2.34. The maximum atomic E-state index is 13.7. The number of nitrogens with one attached hydrogen (secondary N) is 2. The molecule has 2 rings (SSSR count). The average Bonchev–Trinajstić information content (AvgIpc) is 2.40. The van der Waals surface area contributed by atoms with Crippen molar-refractivity contribution in [3.63, 3.8) is 0 Å². The summed E-state index contributed by atoms with van der Waals surface area (Å²) in [5.74, 6) is -2.23. The van der Waals surface area contributed by atoms with Gasteiger partial charge >= 0.3 is 0 Å². The first-order valence-corrected chi connectivity index (χ1v) is 6.48. The van der Waals surface area contributed by atoms with Crippen molar-refractivity contribution in [2.24, 2.45) is 0 Å². The number of benzene rings is 1. The summed E-state index contributed by atoms with van der Waals surface area (Å²) >= 11 is 2.86. The Hall–Kier alpha value is -1.83. The highest BCUT2D eigenvalue weighted by atomic mass is 79.9. The lowest BCUT2D eigenvalue weighted by molar-refractivity contribution is 0.596. The molecule has 1 aromatic heterocycles. The molecule has 1 aromatic carbocycles. The number of anilines is 3. The molecule has 0 aliphatic carbocycles. The Balaban J connectivity index is 2.34. The predicted molar refractivity (Wildman–Crippen MR) is 73.5 cm³/mol. The topological polar surface area (TPSA) is 49.8 Å². The molecule has 0 aliphatic heterocycles. The summed E-state index contributed by atoms with van der Waals surface area (Å²) in [6.45, 7) is 2.37. The lowest BCUT2D eigenvalue weighted by atomic mass is 10.3. The van der Waals surface area contributed by atoms with Gasteiger partial charge in [0.05, 0.1) is 16.4 Å². The number of rotatable bonds is 4. The summed E-state index contributed by atoms with van der Waals surface area (Å²) in [4.78, 5) is 7.55. The molecule has 0 spiro atoms. The second kappa shape index (κ2) is 6.08. The van der Waals surface area contributed by atoms with Crippen LogP contribution in [0.15, 0.2) is 22.8 Å². The van der Waals surface area contributed by atoms with Crippen molar-refractivity contribution < 1.29 is 13.2 Å². The van der Waals surface area contributed by atoms with E-state index in [0.717, 1.165) is 18.3 Å². The third-order valence-corrected chi connectivity index (χ3v) is 2.95. The minimum Gasteiger partial charge on any atom is -0.354 e. The van der Waals surface area contributed by atoms with Crippen LogP contribution in [0.3, 0.4) is 0 Å². The van der Waals surface area contributed by atoms with Crippen molar-refractivity contribution in [1.82, 2.24) is 9.97 Å². The van der Waals surface area contributed by atoms with Gasteiger partial charge in [0.15, 0.2) is 11.6 Å². The van der Waals surface area contributed by atoms with Gasteiger partial charge in [-0.3, -0.25) is 0 Å². The second-order valence-electron chi connectivity index (χ2n) is 3.79. The molecule has 2 N–H and O–H groups in total. The van der Waals surface area contributed by atoms with Crippen molar-refractivity contribution >= 4 is 33.4 Å². The lowest BCUT2D eigenvalue weighted by Crippen LogP contribution is -2.06. The van der Waals surface area contributed by atoms with Crippen LogP contribution >= 0.6 is 15.9 Å². The monoisotopic (exact) mass is 346 g/mol. The first-order chi connectivity index (χ1) is 9.51. The molecular weight excluding hydrogens is 337 g/mol. The molecule has 0 radical (unpaired) electrons. The Labute approximate surface area is 121 Å². The molecule has 0 atom stereocenters. The fourth-order valence-electron chi connectivity index (χ4n) is 1.44. The highest BCUT2D eigenvalue weighted by Crippen LogP contribution is 2.26. The summed E-state index contributed by atoms with van der Waals surface area (Å²) in [5.41, 5.74) is -0.217. The molecule has 1 heterocycles. The molecule has 8 heteroatoms. The van der Waals surface area contributed by atoms with Crippen LogP contribution in [-0.4, -0.2) is 16.5 Å². The lowest BCUT2D eigenvalue weighted by Gasteiger charge is -2.10. The first kappa shape index (κ1) is 14.6. The Bertz CT molecular complexity index is 636. The number of hydrogen-bond donors (Lipinski definition) is 2. The minimum absolute atomic E-state index is 0.0166. The highest BCUT2D eigenvalue weighted by Gasteiger charge is 2.12. The molecule has 0 aliphatic rings. The maximum absolute atomic E-state index is 13.7. The van der Waals surface area contributed by atoms with E-state index in [9.17, 15) is 13.2 Å². The Kier molecular flexibility index (Phi) is 4.43. The van der Waals surface area contributed by atoms with E-state index < -0.39 is 17.5 Å². The number of aromatic nitrogens is 2. The quantitative estimate of drug-likeness (QED) is 0.826. The second-order valence-corrected chi connectivity index (χ2v) is 4.65. The zero-order valence-corrected chi connectivity index (χ0v) is 11.9. The van der Waals surface area contributed by atoms with Crippen molar-refractivity contribution in [3.05, 3.63) is 40.3 Å². The van der Waals surface area contributed by atoms with Gasteiger partial charge in [-0.25, -0.2) is 18.2 Å². The largest absolute Gasteiger partial charge is 0.354 e. The van der Waals surface area contributed by atoms with E-state index in [2.05, 4.69) is 36.5 Å². The van der Waals surface area contributed by atoms with Crippen LogP contribution in [0.4, 0.5) is 30.6 Å². The van der Waals surface area contributed by atoms with Crippen LogP contribution in [0.5, 0.6) is 0 Å². The van der Waals surface area contributed by atoms with Gasteiger partial charge in [0.2, 0.25) is 5.95 Å². The van der Waals surface area contributed by atoms with Gasteiger partial charge in [0, 0.05) is 12.6 Å². The van der Waals surface area contributed by atoms with Gasteiger partial charge in [0.25, 0.3) is 0 Å². The number of halogens is 4. The van der Waals surface area contributed by atoms with Gasteiger partial charge in [-0.05, 0) is 28.9 Å². The Morgan fingerprint density at radius 2 is 1.90 bits per heavy atom. The van der Waals surface area contributed by atoms with Crippen LogP contribution in [0.25, 0.3) is 0 Å². The zero-order chi connectivity index (χ0) is 14.7. The summed E-state index contributed by atoms with van der Waals surface area (Å²) in [7, 11) is 0. The SMILES string of the molecule is CCNc1ncc(F)c(Nc2cc(F)c(Br)cc2F)n1. The fraction of sp³-hybridized carbons (Fsp3) is 0.167. The Morgan fingerprint density at radius 1 is 1.15 bits per heavy atom. The molecule has 20 heavy (non-hydrogen) atoms. The van der Waals surface area contributed by atoms with Crippen LogP contribution in [-0.2, 0) is 0 Å². The molecule has 4 nitrogen and oxygen atoms in total. The first-order valence-electron chi connectivity index (χ1n) is 5.69. The molecule has 0 saturated heterocycles. The molecule has 0 unspecified atom stereocenters. The van der Waals surface area contributed by atoms with Gasteiger partial charge in [-0.15, -0.1) is 0 Å². The van der Waals surface area contributed by atoms with E-state index in [-0.39, 0.29) is 21.9 Å². The van der Waals surface area contributed by atoms with Crippen LogP contribution in [0.1, 0.15) is 6.92 Å². The predicted octanol–water partition coefficient (Wildman–Crippen LogP) is 3.83. The Morgan fingerprint density at radius 3 is 2.60 bits per heavy atom. The number of nitrogens with zero attached hydrogens (tertiary/aromatic N) is 2. The van der Waals surface area contributed by atoms with Gasteiger partial charge in [0.1, 0.15) is 11.6 Å². The van der Waals surface area contributed by atoms with Crippen molar-refractivity contribution in [2.45, 2.75) is 6.92 Å². The van der Waals surface area contributed by atoms with Crippen molar-refractivity contribution in [1.29, 1.82) is 0 Å². The normalized spacial score (nSPS) is 10.4. The number of hydrogen-bond acceptors (Lipinski definition) is 4. The van der Waals surface area contributed by atoms with E-state index in [1.165, 1.54) is 0 Å². The van der Waals surface area contributed by atoms with Crippen molar-refractivity contribution in [3.8, 4) is 0 Å². The van der Waals surface area contributed by atoms with E-state index >= 15 is 0 Å². The van der Waals surface area contributed by atoms with Gasteiger partial charge in [-0.2, -0.15) is 4.98 Å². The maximum Gasteiger partial charge on any atom is 0.224 e. The molecule has 0 amide bonds. The van der Waals surface area contributed by atoms with Gasteiger partial charge in [-0.1, -0.05) is 0 Å². The van der Waals surface area contributed by atoms with Crippen LogP contribution in [0, 0.1) is 17.5 Å². The summed E-state index contributed by atoms with van der Waals surface area (Å²) in [6.07, 6.45) is 0.945. The molecule has 106 valence electrons. The van der Waals surface area contributed by atoms with E-state index in [4.69, 9.17) is 0 Å². The smallest absolute Gasteiger partial charge is 0.224 e.